The smallest absolute Gasteiger partial charge is 0.317 e. The van der Waals surface area contributed by atoms with Gasteiger partial charge in [-0.25, -0.2) is 8.42 Å². The second kappa shape index (κ2) is 8.64. The van der Waals surface area contributed by atoms with Crippen LogP contribution in [0.25, 0.3) is 0 Å². The number of hydrogen-bond donors (Lipinski definition) is 1. The van der Waals surface area contributed by atoms with Crippen LogP contribution in [0, 0.1) is 0 Å². The maximum absolute atomic E-state index is 12.7. The van der Waals surface area contributed by atoms with Crippen LogP contribution in [0.4, 0.5) is 0 Å². The molecule has 1 aromatic rings. The molecule has 1 N–H and O–H groups in total. The maximum atomic E-state index is 12.7. The first kappa shape index (κ1) is 19.7. The molecule has 2 rings (SSSR count). The fourth-order valence-electron chi connectivity index (χ4n) is 2.94. The van der Waals surface area contributed by atoms with Crippen molar-refractivity contribution in [1.82, 2.24) is 9.21 Å². The summed E-state index contributed by atoms with van der Waals surface area (Å²) in [5, 5.41) is 8.86. The lowest BCUT2D eigenvalue weighted by Gasteiger charge is -2.35. The number of piperidine rings is 1. The highest BCUT2D eigenvalue weighted by atomic mass is 32.2. The topological polar surface area (TPSA) is 87.2 Å². The zero-order valence-corrected chi connectivity index (χ0v) is 15.5. The number of hydrogen-bond acceptors (Lipinski definition) is 5. The van der Waals surface area contributed by atoms with Crippen LogP contribution in [-0.4, -0.2) is 68.0 Å². The summed E-state index contributed by atoms with van der Waals surface area (Å²) >= 11 is 0. The first-order chi connectivity index (χ1) is 11.8. The number of carboxylic acids is 1. The highest BCUT2D eigenvalue weighted by Crippen LogP contribution is 2.24. The van der Waals surface area contributed by atoms with Gasteiger partial charge in [0.2, 0.25) is 10.0 Å². The Morgan fingerprint density at radius 2 is 1.88 bits per heavy atom. The largest absolute Gasteiger partial charge is 0.494 e. The van der Waals surface area contributed by atoms with E-state index in [1.807, 2.05) is 6.92 Å². The van der Waals surface area contributed by atoms with Gasteiger partial charge in [0.15, 0.2) is 0 Å². The zero-order valence-electron chi connectivity index (χ0n) is 14.7. The van der Waals surface area contributed by atoms with E-state index < -0.39 is 16.0 Å². The normalized spacial score (nSPS) is 16.9. The van der Waals surface area contributed by atoms with Gasteiger partial charge in [0.05, 0.1) is 18.0 Å². The van der Waals surface area contributed by atoms with Gasteiger partial charge >= 0.3 is 5.97 Å². The van der Waals surface area contributed by atoms with Crippen LogP contribution in [0.5, 0.6) is 5.75 Å². The average molecular weight is 370 g/mol. The van der Waals surface area contributed by atoms with Crippen LogP contribution >= 0.6 is 0 Å². The number of aliphatic carboxylic acids is 1. The van der Waals surface area contributed by atoms with E-state index in [1.54, 1.807) is 36.2 Å². The van der Waals surface area contributed by atoms with Crippen molar-refractivity contribution in [1.29, 1.82) is 0 Å². The van der Waals surface area contributed by atoms with Crippen molar-refractivity contribution in [3.63, 3.8) is 0 Å². The molecule has 0 radical (unpaired) electrons. The van der Waals surface area contributed by atoms with Crippen molar-refractivity contribution in [3.8, 4) is 5.75 Å². The molecule has 0 atom stereocenters. The van der Waals surface area contributed by atoms with Crippen LogP contribution in [0.2, 0.25) is 0 Å². The van der Waals surface area contributed by atoms with Crippen molar-refractivity contribution in [2.24, 2.45) is 0 Å². The molecule has 8 heteroatoms. The second-order valence-corrected chi connectivity index (χ2v) is 8.20. The van der Waals surface area contributed by atoms with E-state index in [1.165, 1.54) is 4.31 Å². The molecular weight excluding hydrogens is 344 g/mol. The molecule has 0 aliphatic carbocycles. The summed E-state index contributed by atoms with van der Waals surface area (Å²) in [6.07, 6.45) is 2.15. The molecule has 0 saturated carbocycles. The van der Waals surface area contributed by atoms with Crippen LogP contribution in [0.1, 0.15) is 26.2 Å². The number of likely N-dealkylation sites (N-methyl/N-ethyl adjacent to an activating group) is 1. The number of rotatable bonds is 8. The second-order valence-electron chi connectivity index (χ2n) is 6.26. The van der Waals surface area contributed by atoms with Crippen LogP contribution in [-0.2, 0) is 14.8 Å². The quantitative estimate of drug-likeness (QED) is 0.749. The average Bonchev–Trinajstić information content (AvgIpc) is 2.60. The molecule has 0 amide bonds. The molecule has 140 valence electrons. The molecule has 0 bridgehead atoms. The number of ether oxygens (including phenoxy) is 1. The third kappa shape index (κ3) is 5.17. The first-order valence-electron chi connectivity index (χ1n) is 8.49. The standard InChI is InChI=1S/C17H26N2O5S/c1-3-12-24-15-4-6-16(7-5-15)25(22,23)19-10-8-14(9-11-19)18(2)13-17(20)21/h4-7,14H,3,8-13H2,1-2H3,(H,20,21). The van der Waals surface area contributed by atoms with E-state index in [0.717, 1.165) is 6.42 Å². The minimum absolute atomic E-state index is 0.0311. The number of benzene rings is 1. The van der Waals surface area contributed by atoms with Gasteiger partial charge in [-0.3, -0.25) is 9.69 Å². The highest BCUT2D eigenvalue weighted by Gasteiger charge is 2.31. The van der Waals surface area contributed by atoms with E-state index in [-0.39, 0.29) is 17.5 Å². The third-order valence-electron chi connectivity index (χ3n) is 4.37. The Labute approximate surface area is 149 Å². The van der Waals surface area contributed by atoms with E-state index in [9.17, 15) is 13.2 Å². The summed E-state index contributed by atoms with van der Waals surface area (Å²) in [7, 11) is -1.77. The highest BCUT2D eigenvalue weighted by molar-refractivity contribution is 7.89. The van der Waals surface area contributed by atoms with Crippen molar-refractivity contribution < 1.29 is 23.1 Å². The molecule has 0 unspecified atom stereocenters. The SMILES string of the molecule is CCCOc1ccc(S(=O)(=O)N2CCC(N(C)CC(=O)O)CC2)cc1. The molecule has 1 aliphatic heterocycles. The van der Waals surface area contributed by atoms with Crippen LogP contribution < -0.4 is 4.74 Å². The van der Waals surface area contributed by atoms with Crippen molar-refractivity contribution in [3.05, 3.63) is 24.3 Å². The lowest BCUT2D eigenvalue weighted by atomic mass is 10.1. The van der Waals surface area contributed by atoms with Crippen LogP contribution in [0.15, 0.2) is 29.2 Å². The Hall–Kier alpha value is -1.64. The van der Waals surface area contributed by atoms with Crippen molar-refractivity contribution in [2.75, 3.05) is 33.3 Å². The molecule has 7 nitrogen and oxygen atoms in total. The molecule has 0 spiro atoms. The monoisotopic (exact) mass is 370 g/mol. The maximum Gasteiger partial charge on any atom is 0.317 e. The van der Waals surface area contributed by atoms with Gasteiger partial charge in [-0.05, 0) is 50.6 Å². The van der Waals surface area contributed by atoms with Gasteiger partial charge in [-0.1, -0.05) is 6.92 Å². The summed E-state index contributed by atoms with van der Waals surface area (Å²) in [4.78, 5) is 12.8. The number of nitrogens with zero attached hydrogens (tertiary/aromatic N) is 2. The van der Waals surface area contributed by atoms with Gasteiger partial charge < -0.3 is 9.84 Å². The van der Waals surface area contributed by atoms with Gasteiger partial charge in [0.1, 0.15) is 5.75 Å². The lowest BCUT2D eigenvalue weighted by Crippen LogP contribution is -2.46. The molecule has 25 heavy (non-hydrogen) atoms. The predicted molar refractivity (Wildman–Crippen MR) is 94.3 cm³/mol. The van der Waals surface area contributed by atoms with Crippen molar-refractivity contribution in [2.45, 2.75) is 37.1 Å². The van der Waals surface area contributed by atoms with E-state index in [4.69, 9.17) is 9.84 Å². The minimum Gasteiger partial charge on any atom is -0.494 e. The van der Waals surface area contributed by atoms with Gasteiger partial charge in [-0.15, -0.1) is 0 Å². The molecule has 1 heterocycles. The Morgan fingerprint density at radius 3 is 2.40 bits per heavy atom. The lowest BCUT2D eigenvalue weighted by molar-refractivity contribution is -0.138. The molecule has 1 aliphatic rings. The van der Waals surface area contributed by atoms with E-state index >= 15 is 0 Å². The van der Waals surface area contributed by atoms with Gasteiger partial charge in [0, 0.05) is 19.1 Å². The third-order valence-corrected chi connectivity index (χ3v) is 6.28. The van der Waals surface area contributed by atoms with Gasteiger partial charge in [-0.2, -0.15) is 4.31 Å². The van der Waals surface area contributed by atoms with Crippen LogP contribution in [0.3, 0.4) is 0 Å². The number of carboxylic acid groups (broad SMARTS) is 1. The van der Waals surface area contributed by atoms with Crippen molar-refractivity contribution >= 4 is 16.0 Å². The first-order valence-corrected chi connectivity index (χ1v) is 9.93. The summed E-state index contributed by atoms with van der Waals surface area (Å²) in [5.74, 6) is -0.210. The Morgan fingerprint density at radius 1 is 1.28 bits per heavy atom. The Bertz CT molecular complexity index is 667. The molecule has 1 aromatic carbocycles. The van der Waals surface area contributed by atoms with Gasteiger partial charge in [0.25, 0.3) is 0 Å². The number of carbonyl (C=O) groups is 1. The summed E-state index contributed by atoms with van der Waals surface area (Å²) in [6, 6.07) is 6.59. The Kier molecular flexibility index (Phi) is 6.80. The van der Waals surface area contributed by atoms with E-state index in [2.05, 4.69) is 0 Å². The fraction of sp³-hybridized carbons (Fsp3) is 0.588. The number of sulfonamides is 1. The molecular formula is C17H26N2O5S. The zero-order chi connectivity index (χ0) is 18.4. The van der Waals surface area contributed by atoms with E-state index in [0.29, 0.717) is 38.3 Å². The fourth-order valence-corrected chi connectivity index (χ4v) is 4.41. The molecule has 1 saturated heterocycles. The summed E-state index contributed by atoms with van der Waals surface area (Å²) in [5.41, 5.74) is 0. The predicted octanol–water partition coefficient (Wildman–Crippen LogP) is 1.64. The molecule has 1 fully saturated rings. The summed E-state index contributed by atoms with van der Waals surface area (Å²) < 4.78 is 32.4. The Balaban J connectivity index is 1.98. The molecule has 0 aromatic heterocycles. The summed E-state index contributed by atoms with van der Waals surface area (Å²) in [6.45, 7) is 3.37. The minimum atomic E-state index is -3.53.